The topological polar surface area (TPSA) is 58.6 Å². The van der Waals surface area contributed by atoms with E-state index >= 15 is 0 Å². The van der Waals surface area contributed by atoms with Gasteiger partial charge in [0, 0.05) is 4.47 Å². The number of hydrogen-bond acceptors (Lipinski definition) is 5. The lowest BCUT2D eigenvalue weighted by Gasteiger charge is -2.13. The average molecular weight is 554 g/mol. The van der Waals surface area contributed by atoms with Crippen LogP contribution in [0.5, 0.6) is 5.75 Å². The van der Waals surface area contributed by atoms with Crippen molar-refractivity contribution < 1.29 is 14.3 Å². The summed E-state index contributed by atoms with van der Waals surface area (Å²) in [6, 6.07) is 20.5. The SMILES string of the molecule is Cc1cc(Br)c(NC(=O)COc2ccc(/C=C3/SC(=S)N(c4ccccc4)C3=O)cc2)cc1C. The van der Waals surface area contributed by atoms with Crippen LogP contribution in [0.2, 0.25) is 0 Å². The lowest BCUT2D eigenvalue weighted by Crippen LogP contribution is -2.27. The van der Waals surface area contributed by atoms with Gasteiger partial charge in [0.2, 0.25) is 0 Å². The second-order valence-corrected chi connectivity index (χ2v) is 10.2. The van der Waals surface area contributed by atoms with Crippen LogP contribution < -0.4 is 15.0 Å². The van der Waals surface area contributed by atoms with Crippen molar-refractivity contribution in [2.75, 3.05) is 16.8 Å². The van der Waals surface area contributed by atoms with E-state index in [0.29, 0.717) is 20.7 Å². The van der Waals surface area contributed by atoms with Gasteiger partial charge in [0.15, 0.2) is 10.9 Å². The molecule has 1 aliphatic heterocycles. The van der Waals surface area contributed by atoms with Crippen LogP contribution in [0.25, 0.3) is 6.08 Å². The smallest absolute Gasteiger partial charge is 0.270 e. The van der Waals surface area contributed by atoms with Gasteiger partial charge in [-0.3, -0.25) is 14.5 Å². The molecule has 0 aromatic heterocycles. The minimum atomic E-state index is -0.252. The molecular formula is C26H21BrN2O3S2. The number of thioether (sulfide) groups is 1. The molecule has 1 aliphatic rings. The van der Waals surface area contributed by atoms with Crippen molar-refractivity contribution in [3.8, 4) is 5.75 Å². The molecule has 34 heavy (non-hydrogen) atoms. The predicted molar refractivity (Wildman–Crippen MR) is 146 cm³/mol. The molecule has 2 amide bonds. The van der Waals surface area contributed by atoms with Gasteiger partial charge in [-0.05, 0) is 88.9 Å². The van der Waals surface area contributed by atoms with Crippen molar-refractivity contribution in [2.24, 2.45) is 0 Å². The number of hydrogen-bond donors (Lipinski definition) is 1. The minimum absolute atomic E-state index is 0.117. The number of carbonyl (C=O) groups is 2. The standard InChI is InChI=1S/C26H21BrN2O3S2/c1-16-12-21(27)22(13-17(16)2)28-24(30)15-32-20-10-8-18(9-11-20)14-23-25(31)29(26(33)34-23)19-6-4-3-5-7-19/h3-14H,15H2,1-2H3,(H,28,30)/b23-14+. The number of nitrogens with one attached hydrogen (secondary N) is 1. The molecule has 3 aromatic carbocycles. The normalized spacial score (nSPS) is 14.6. The summed E-state index contributed by atoms with van der Waals surface area (Å²) in [4.78, 5) is 27.3. The van der Waals surface area contributed by atoms with E-state index in [4.69, 9.17) is 17.0 Å². The summed E-state index contributed by atoms with van der Waals surface area (Å²) in [6.07, 6.45) is 1.80. The zero-order valence-electron chi connectivity index (χ0n) is 18.5. The Bertz CT molecular complexity index is 1290. The van der Waals surface area contributed by atoms with Crippen LogP contribution in [-0.2, 0) is 9.59 Å². The molecule has 0 saturated carbocycles. The number of thiocarbonyl (C=S) groups is 1. The average Bonchev–Trinajstić information content (AvgIpc) is 3.10. The summed E-state index contributed by atoms with van der Waals surface area (Å²) in [5.74, 6) is 0.164. The molecule has 1 saturated heterocycles. The third-order valence-corrected chi connectivity index (χ3v) is 7.17. The van der Waals surface area contributed by atoms with Crippen LogP contribution in [0, 0.1) is 13.8 Å². The van der Waals surface area contributed by atoms with Gasteiger partial charge in [0.1, 0.15) is 5.75 Å². The summed E-state index contributed by atoms with van der Waals surface area (Å²) in [5, 5.41) is 2.86. The molecule has 0 spiro atoms. The van der Waals surface area contributed by atoms with Crippen molar-refractivity contribution >= 4 is 73.5 Å². The Balaban J connectivity index is 1.37. The van der Waals surface area contributed by atoms with Gasteiger partial charge in [-0.1, -0.05) is 54.3 Å². The maximum atomic E-state index is 12.9. The number of nitrogens with zero attached hydrogens (tertiary/aromatic N) is 1. The monoisotopic (exact) mass is 552 g/mol. The first kappa shape index (κ1) is 24.2. The number of para-hydroxylation sites is 1. The van der Waals surface area contributed by atoms with E-state index in [-0.39, 0.29) is 18.4 Å². The summed E-state index contributed by atoms with van der Waals surface area (Å²) >= 11 is 10.2. The Kier molecular flexibility index (Phi) is 7.50. The Hall–Kier alpha value is -2.94. The summed E-state index contributed by atoms with van der Waals surface area (Å²) < 4.78 is 6.95. The molecule has 4 rings (SSSR count). The summed E-state index contributed by atoms with van der Waals surface area (Å²) in [6.45, 7) is 3.90. The number of benzene rings is 3. The first-order valence-corrected chi connectivity index (χ1v) is 12.5. The van der Waals surface area contributed by atoms with Gasteiger partial charge in [0.05, 0.1) is 16.3 Å². The number of halogens is 1. The molecule has 0 radical (unpaired) electrons. The van der Waals surface area contributed by atoms with Gasteiger partial charge in [-0.2, -0.15) is 0 Å². The zero-order valence-corrected chi connectivity index (χ0v) is 21.7. The molecule has 172 valence electrons. The Labute approximate surface area is 216 Å². The highest BCUT2D eigenvalue weighted by Gasteiger charge is 2.33. The number of anilines is 2. The Morgan fingerprint density at radius 2 is 1.76 bits per heavy atom. The van der Waals surface area contributed by atoms with Crippen molar-refractivity contribution in [1.82, 2.24) is 0 Å². The van der Waals surface area contributed by atoms with Gasteiger partial charge < -0.3 is 10.1 Å². The fraction of sp³-hybridized carbons (Fsp3) is 0.115. The Morgan fingerprint density at radius 1 is 1.09 bits per heavy atom. The van der Waals surface area contributed by atoms with Gasteiger partial charge in [0.25, 0.3) is 11.8 Å². The maximum Gasteiger partial charge on any atom is 0.270 e. The Morgan fingerprint density at radius 3 is 2.47 bits per heavy atom. The van der Waals surface area contributed by atoms with Crippen molar-refractivity contribution in [2.45, 2.75) is 13.8 Å². The molecule has 1 heterocycles. The van der Waals surface area contributed by atoms with Crippen LogP contribution in [0.4, 0.5) is 11.4 Å². The highest BCUT2D eigenvalue weighted by molar-refractivity contribution is 9.10. The van der Waals surface area contributed by atoms with Crippen molar-refractivity contribution in [3.63, 3.8) is 0 Å². The van der Waals surface area contributed by atoms with Crippen LogP contribution in [0.15, 0.2) is 76.1 Å². The molecule has 0 atom stereocenters. The number of carbonyl (C=O) groups excluding carboxylic acids is 2. The highest BCUT2D eigenvalue weighted by atomic mass is 79.9. The van der Waals surface area contributed by atoms with Crippen LogP contribution in [0.1, 0.15) is 16.7 Å². The zero-order chi connectivity index (χ0) is 24.2. The number of rotatable bonds is 6. The summed E-state index contributed by atoms with van der Waals surface area (Å²) in [7, 11) is 0. The first-order valence-electron chi connectivity index (χ1n) is 10.4. The molecule has 3 aromatic rings. The molecule has 0 bridgehead atoms. The van der Waals surface area contributed by atoms with E-state index in [2.05, 4.69) is 21.2 Å². The molecule has 0 aliphatic carbocycles. The number of amides is 2. The van der Waals surface area contributed by atoms with E-state index < -0.39 is 0 Å². The first-order chi connectivity index (χ1) is 16.3. The van der Waals surface area contributed by atoms with Gasteiger partial charge in [-0.15, -0.1) is 0 Å². The van der Waals surface area contributed by atoms with E-state index in [9.17, 15) is 9.59 Å². The highest BCUT2D eigenvalue weighted by Crippen LogP contribution is 2.36. The molecule has 0 unspecified atom stereocenters. The van der Waals surface area contributed by atoms with Gasteiger partial charge >= 0.3 is 0 Å². The quantitative estimate of drug-likeness (QED) is 0.280. The van der Waals surface area contributed by atoms with Crippen LogP contribution in [0.3, 0.4) is 0 Å². The van der Waals surface area contributed by atoms with Gasteiger partial charge in [-0.25, -0.2) is 0 Å². The summed E-state index contributed by atoms with van der Waals surface area (Å²) in [5.41, 5.74) is 4.53. The molecule has 1 fully saturated rings. The fourth-order valence-corrected chi connectivity index (χ4v) is 5.15. The van der Waals surface area contributed by atoms with E-state index in [1.807, 2.05) is 68.4 Å². The predicted octanol–water partition coefficient (Wildman–Crippen LogP) is 6.49. The fourth-order valence-electron chi connectivity index (χ4n) is 3.29. The minimum Gasteiger partial charge on any atom is -0.484 e. The second-order valence-electron chi connectivity index (χ2n) is 7.67. The third-order valence-electron chi connectivity index (χ3n) is 5.21. The van der Waals surface area contributed by atoms with Crippen molar-refractivity contribution in [3.05, 3.63) is 92.8 Å². The maximum absolute atomic E-state index is 12.9. The van der Waals surface area contributed by atoms with Crippen LogP contribution in [-0.4, -0.2) is 22.7 Å². The van der Waals surface area contributed by atoms with E-state index in [1.54, 1.807) is 18.2 Å². The number of ether oxygens (including phenoxy) is 1. The number of aryl methyl sites for hydroxylation is 2. The lowest BCUT2D eigenvalue weighted by atomic mass is 10.1. The lowest BCUT2D eigenvalue weighted by molar-refractivity contribution is -0.118. The second kappa shape index (κ2) is 10.5. The van der Waals surface area contributed by atoms with Crippen LogP contribution >= 0.6 is 39.9 Å². The molecule has 8 heteroatoms. The molecular weight excluding hydrogens is 532 g/mol. The van der Waals surface area contributed by atoms with E-state index in [1.165, 1.54) is 16.7 Å². The largest absolute Gasteiger partial charge is 0.484 e. The van der Waals surface area contributed by atoms with Crippen molar-refractivity contribution in [1.29, 1.82) is 0 Å². The molecule has 5 nitrogen and oxygen atoms in total. The van der Waals surface area contributed by atoms with E-state index in [0.717, 1.165) is 26.9 Å². The third kappa shape index (κ3) is 5.58. The molecule has 1 N–H and O–H groups in total.